The molecule has 14 heavy (non-hydrogen) atoms. The summed E-state index contributed by atoms with van der Waals surface area (Å²) in [6, 6.07) is 0. The molecular formula is C11H24N2O. The average molecular weight is 200 g/mol. The Morgan fingerprint density at radius 1 is 1.43 bits per heavy atom. The molecule has 3 nitrogen and oxygen atoms in total. The van der Waals surface area contributed by atoms with Gasteiger partial charge >= 0.3 is 0 Å². The van der Waals surface area contributed by atoms with Crippen LogP contribution in [0.2, 0.25) is 0 Å². The van der Waals surface area contributed by atoms with Gasteiger partial charge in [0, 0.05) is 25.0 Å². The molecule has 0 radical (unpaired) electrons. The standard InChI is InChI=1S/C11H24N2O/c1-4-10(2,9-12)11(14)5-7-13(3)8-6-11/h14H,4-9,12H2,1-3H3. The Morgan fingerprint density at radius 2 is 1.93 bits per heavy atom. The van der Waals surface area contributed by atoms with Crippen LogP contribution in [0.3, 0.4) is 0 Å². The molecule has 1 unspecified atom stereocenters. The second-order valence-electron chi connectivity index (χ2n) is 4.95. The van der Waals surface area contributed by atoms with Crippen molar-refractivity contribution < 1.29 is 5.11 Å². The molecule has 0 aliphatic carbocycles. The molecule has 0 aromatic heterocycles. The third-order valence-corrected chi connectivity index (χ3v) is 4.17. The third-order valence-electron chi connectivity index (χ3n) is 4.17. The molecule has 0 bridgehead atoms. The number of nitrogens with two attached hydrogens (primary N) is 1. The fourth-order valence-electron chi connectivity index (χ4n) is 2.26. The molecule has 84 valence electrons. The summed E-state index contributed by atoms with van der Waals surface area (Å²) in [6.45, 7) is 6.75. The molecule has 1 fully saturated rings. The fourth-order valence-corrected chi connectivity index (χ4v) is 2.26. The van der Waals surface area contributed by atoms with Crippen molar-refractivity contribution >= 4 is 0 Å². The highest BCUT2D eigenvalue weighted by molar-refractivity contribution is 4.98. The van der Waals surface area contributed by atoms with Crippen LogP contribution in [-0.4, -0.2) is 42.3 Å². The maximum Gasteiger partial charge on any atom is 0.0737 e. The molecule has 0 spiro atoms. The largest absolute Gasteiger partial charge is 0.389 e. The van der Waals surface area contributed by atoms with Gasteiger partial charge in [-0.3, -0.25) is 0 Å². The van der Waals surface area contributed by atoms with Gasteiger partial charge in [-0.2, -0.15) is 0 Å². The second kappa shape index (κ2) is 4.17. The fraction of sp³-hybridized carbons (Fsp3) is 1.00. The first-order valence-electron chi connectivity index (χ1n) is 5.58. The van der Waals surface area contributed by atoms with Gasteiger partial charge < -0.3 is 15.7 Å². The Bertz CT molecular complexity index is 182. The van der Waals surface area contributed by atoms with Gasteiger partial charge in [-0.05, 0) is 26.3 Å². The summed E-state index contributed by atoms with van der Waals surface area (Å²) in [4.78, 5) is 2.26. The van der Waals surface area contributed by atoms with Crippen molar-refractivity contribution in [2.45, 2.75) is 38.7 Å². The zero-order valence-corrected chi connectivity index (χ0v) is 9.71. The number of likely N-dealkylation sites (tertiary alicyclic amines) is 1. The van der Waals surface area contributed by atoms with Crippen molar-refractivity contribution in [3.8, 4) is 0 Å². The molecule has 1 saturated heterocycles. The van der Waals surface area contributed by atoms with Crippen molar-refractivity contribution in [2.75, 3.05) is 26.7 Å². The Morgan fingerprint density at radius 3 is 2.29 bits per heavy atom. The number of hydrogen-bond acceptors (Lipinski definition) is 3. The van der Waals surface area contributed by atoms with Crippen LogP contribution < -0.4 is 5.73 Å². The second-order valence-corrected chi connectivity index (χ2v) is 4.95. The van der Waals surface area contributed by atoms with Crippen LogP contribution in [0, 0.1) is 5.41 Å². The average Bonchev–Trinajstić information content (AvgIpc) is 2.21. The van der Waals surface area contributed by atoms with Crippen LogP contribution in [0.5, 0.6) is 0 Å². The monoisotopic (exact) mass is 200 g/mol. The maximum absolute atomic E-state index is 10.6. The molecule has 0 aromatic carbocycles. The van der Waals surface area contributed by atoms with E-state index in [0.717, 1.165) is 32.4 Å². The Labute approximate surface area is 87.3 Å². The van der Waals surface area contributed by atoms with Gasteiger partial charge in [0.2, 0.25) is 0 Å². The molecule has 3 heteroatoms. The van der Waals surface area contributed by atoms with Crippen molar-refractivity contribution in [1.29, 1.82) is 0 Å². The highest BCUT2D eigenvalue weighted by Crippen LogP contribution is 2.40. The number of piperidine rings is 1. The molecule has 0 aromatic rings. The summed E-state index contributed by atoms with van der Waals surface area (Å²) in [7, 11) is 2.10. The van der Waals surface area contributed by atoms with Crippen molar-refractivity contribution in [3.63, 3.8) is 0 Å². The molecule has 0 saturated carbocycles. The number of hydrogen-bond donors (Lipinski definition) is 2. The quantitative estimate of drug-likeness (QED) is 0.709. The van der Waals surface area contributed by atoms with E-state index in [0.29, 0.717) is 6.54 Å². The number of aliphatic hydroxyl groups is 1. The van der Waals surface area contributed by atoms with Gasteiger partial charge in [-0.1, -0.05) is 13.8 Å². The van der Waals surface area contributed by atoms with Crippen molar-refractivity contribution in [3.05, 3.63) is 0 Å². The maximum atomic E-state index is 10.6. The van der Waals surface area contributed by atoms with Crippen molar-refractivity contribution in [1.82, 2.24) is 4.90 Å². The van der Waals surface area contributed by atoms with Gasteiger partial charge in [0.1, 0.15) is 0 Å². The molecule has 1 atom stereocenters. The van der Waals surface area contributed by atoms with Crippen LogP contribution >= 0.6 is 0 Å². The molecule has 1 aliphatic rings. The lowest BCUT2D eigenvalue weighted by atomic mass is 9.67. The Kier molecular flexibility index (Phi) is 3.56. The summed E-state index contributed by atoms with van der Waals surface area (Å²) in [6.07, 6.45) is 2.65. The van der Waals surface area contributed by atoms with E-state index in [-0.39, 0.29) is 5.41 Å². The predicted octanol–water partition coefficient (Wildman–Crippen LogP) is 0.818. The van der Waals surface area contributed by atoms with Crippen LogP contribution in [0.1, 0.15) is 33.1 Å². The predicted molar refractivity (Wildman–Crippen MR) is 59.1 cm³/mol. The first kappa shape index (κ1) is 12.0. The van der Waals surface area contributed by atoms with E-state index in [1.54, 1.807) is 0 Å². The van der Waals surface area contributed by atoms with E-state index in [9.17, 15) is 5.11 Å². The minimum absolute atomic E-state index is 0.117. The lowest BCUT2D eigenvalue weighted by Crippen LogP contribution is -2.55. The van der Waals surface area contributed by atoms with E-state index in [2.05, 4.69) is 25.8 Å². The summed E-state index contributed by atoms with van der Waals surface area (Å²) in [5.41, 5.74) is 5.13. The van der Waals surface area contributed by atoms with E-state index >= 15 is 0 Å². The highest BCUT2D eigenvalue weighted by atomic mass is 16.3. The SMILES string of the molecule is CCC(C)(CN)C1(O)CCN(C)CC1. The molecule has 1 rings (SSSR count). The lowest BCUT2D eigenvalue weighted by molar-refractivity contribution is -0.109. The first-order chi connectivity index (χ1) is 6.47. The van der Waals surface area contributed by atoms with Crippen LogP contribution in [0.15, 0.2) is 0 Å². The van der Waals surface area contributed by atoms with Crippen molar-refractivity contribution in [2.24, 2.45) is 11.1 Å². The van der Waals surface area contributed by atoms with Gasteiger partial charge in [0.15, 0.2) is 0 Å². The first-order valence-corrected chi connectivity index (χ1v) is 5.58. The van der Waals surface area contributed by atoms with Crippen LogP contribution in [-0.2, 0) is 0 Å². The van der Waals surface area contributed by atoms with E-state index in [4.69, 9.17) is 5.73 Å². The Balaban J connectivity index is 2.73. The zero-order valence-electron chi connectivity index (χ0n) is 9.71. The third kappa shape index (κ3) is 1.95. The summed E-state index contributed by atoms with van der Waals surface area (Å²) >= 11 is 0. The minimum Gasteiger partial charge on any atom is -0.389 e. The molecule has 1 heterocycles. The van der Waals surface area contributed by atoms with Crippen LogP contribution in [0.25, 0.3) is 0 Å². The molecular weight excluding hydrogens is 176 g/mol. The van der Waals surface area contributed by atoms with E-state index in [1.807, 2.05) is 0 Å². The smallest absolute Gasteiger partial charge is 0.0737 e. The minimum atomic E-state index is -0.553. The van der Waals surface area contributed by atoms with Gasteiger partial charge in [-0.25, -0.2) is 0 Å². The summed E-state index contributed by atoms with van der Waals surface area (Å²) < 4.78 is 0. The van der Waals surface area contributed by atoms with E-state index < -0.39 is 5.60 Å². The van der Waals surface area contributed by atoms with Gasteiger partial charge in [0.25, 0.3) is 0 Å². The Hall–Kier alpha value is -0.120. The molecule has 1 aliphatic heterocycles. The van der Waals surface area contributed by atoms with Gasteiger partial charge in [0.05, 0.1) is 5.60 Å². The molecule has 3 N–H and O–H groups in total. The number of rotatable bonds is 3. The molecule has 0 amide bonds. The normalized spacial score (nSPS) is 27.2. The summed E-state index contributed by atoms with van der Waals surface area (Å²) in [5.74, 6) is 0. The summed E-state index contributed by atoms with van der Waals surface area (Å²) in [5, 5.41) is 10.6. The van der Waals surface area contributed by atoms with Crippen LogP contribution in [0.4, 0.5) is 0 Å². The zero-order chi connectivity index (χ0) is 10.8. The van der Waals surface area contributed by atoms with E-state index in [1.165, 1.54) is 0 Å². The highest BCUT2D eigenvalue weighted by Gasteiger charge is 2.45. The topological polar surface area (TPSA) is 49.5 Å². The van der Waals surface area contributed by atoms with Gasteiger partial charge in [-0.15, -0.1) is 0 Å². The lowest BCUT2D eigenvalue weighted by Gasteiger charge is -2.48. The number of nitrogens with zero attached hydrogens (tertiary/aromatic N) is 1.